The van der Waals surface area contributed by atoms with E-state index in [4.69, 9.17) is 15.2 Å². The minimum Gasteiger partial charge on any atom is -0.507 e. The van der Waals surface area contributed by atoms with Gasteiger partial charge in [-0.3, -0.25) is 9.59 Å². The van der Waals surface area contributed by atoms with E-state index < -0.39 is 59.3 Å². The van der Waals surface area contributed by atoms with Gasteiger partial charge in [-0.15, -0.1) is 0 Å². The fourth-order valence-electron chi connectivity index (χ4n) is 5.50. The summed E-state index contributed by atoms with van der Waals surface area (Å²) >= 11 is 0. The predicted octanol–water partition coefficient (Wildman–Crippen LogP) is 1.84. The Morgan fingerprint density at radius 3 is 2.29 bits per heavy atom. The standard InChI is InChI=1S/C26H29NO8/c1-3-26(33)9-14-18(16(10-26)35-17-8-15(27)21(28)11(2)34-17)25(32)20-19(24(14)31)22(29)12-6-4-5-7-13(12)23(20)30/h4-7,11,15-17,21,28,31-33H,3,8-10,27H2,1-2H3/t11-,15-,16-,17-,21+,26+/m0/s1. The number of carbonyl (C=O) groups is 2. The number of benzene rings is 2. The van der Waals surface area contributed by atoms with E-state index in [1.165, 1.54) is 12.1 Å². The van der Waals surface area contributed by atoms with Crippen LogP contribution in [-0.4, -0.2) is 62.1 Å². The topological polar surface area (TPSA) is 160 Å². The summed E-state index contributed by atoms with van der Waals surface area (Å²) < 4.78 is 11.9. The zero-order chi connectivity index (χ0) is 25.2. The summed E-state index contributed by atoms with van der Waals surface area (Å²) in [6.45, 7) is 3.45. The highest BCUT2D eigenvalue weighted by Gasteiger charge is 2.46. The molecule has 3 aliphatic rings. The number of aromatic hydroxyl groups is 2. The summed E-state index contributed by atoms with van der Waals surface area (Å²) in [5.74, 6) is -2.03. The van der Waals surface area contributed by atoms with Gasteiger partial charge >= 0.3 is 0 Å². The zero-order valence-electron chi connectivity index (χ0n) is 19.5. The SMILES string of the molecule is CC[C@@]1(O)Cc2c(O)c3c(c(O)c2[C@@H](O[C@H]2C[C@H](N)[C@H](O)[C@H](C)O2)C1)C(=O)c1ccccc1C3=O. The van der Waals surface area contributed by atoms with Crippen molar-refractivity contribution in [3.05, 3.63) is 57.6 Å². The van der Waals surface area contributed by atoms with Crippen molar-refractivity contribution >= 4 is 11.6 Å². The maximum absolute atomic E-state index is 13.3. The van der Waals surface area contributed by atoms with Gasteiger partial charge in [-0.1, -0.05) is 31.2 Å². The Balaban J connectivity index is 1.64. The van der Waals surface area contributed by atoms with Gasteiger partial charge in [0.2, 0.25) is 0 Å². The van der Waals surface area contributed by atoms with Crippen molar-refractivity contribution in [2.75, 3.05) is 0 Å². The average Bonchev–Trinajstić information content (AvgIpc) is 2.83. The lowest BCUT2D eigenvalue weighted by Gasteiger charge is -2.42. The van der Waals surface area contributed by atoms with Crippen molar-refractivity contribution in [1.29, 1.82) is 0 Å². The van der Waals surface area contributed by atoms with E-state index in [2.05, 4.69) is 0 Å². The second-order valence-corrected chi connectivity index (χ2v) is 9.79. The van der Waals surface area contributed by atoms with Crippen LogP contribution in [0.5, 0.6) is 11.5 Å². The van der Waals surface area contributed by atoms with E-state index in [1.807, 2.05) is 0 Å². The highest BCUT2D eigenvalue weighted by atomic mass is 16.7. The van der Waals surface area contributed by atoms with Crippen LogP contribution in [-0.2, 0) is 15.9 Å². The number of ketones is 2. The van der Waals surface area contributed by atoms with Crippen molar-refractivity contribution < 1.29 is 39.5 Å². The van der Waals surface area contributed by atoms with Crippen LogP contribution in [0.25, 0.3) is 0 Å². The number of hydrogen-bond acceptors (Lipinski definition) is 9. The number of fused-ring (bicyclic) bond motifs is 3. The average molecular weight is 484 g/mol. The van der Waals surface area contributed by atoms with Crippen LogP contribution in [0.2, 0.25) is 0 Å². The summed E-state index contributed by atoms with van der Waals surface area (Å²) in [6.07, 6.45) is -2.76. The number of hydrogen-bond donors (Lipinski definition) is 5. The molecule has 1 heterocycles. The second-order valence-electron chi connectivity index (χ2n) is 9.79. The smallest absolute Gasteiger partial charge is 0.198 e. The number of phenolic OH excluding ortho intramolecular Hbond substituents is 2. The van der Waals surface area contributed by atoms with Gasteiger partial charge in [0.25, 0.3) is 0 Å². The third-order valence-electron chi connectivity index (χ3n) is 7.58. The molecule has 0 radical (unpaired) electrons. The first kappa shape index (κ1) is 23.9. The van der Waals surface area contributed by atoms with Gasteiger partial charge < -0.3 is 35.6 Å². The van der Waals surface area contributed by atoms with Crippen molar-refractivity contribution in [1.82, 2.24) is 0 Å². The molecule has 186 valence electrons. The number of aliphatic hydroxyl groups is 2. The minimum absolute atomic E-state index is 0.0331. The van der Waals surface area contributed by atoms with Crippen LogP contribution < -0.4 is 5.73 Å². The molecule has 0 saturated carbocycles. The molecule has 6 N–H and O–H groups in total. The van der Waals surface area contributed by atoms with Crippen LogP contribution in [0.3, 0.4) is 0 Å². The highest BCUT2D eigenvalue weighted by molar-refractivity contribution is 6.30. The first-order valence-corrected chi connectivity index (χ1v) is 11.8. The molecule has 0 bridgehead atoms. The normalized spacial score (nSPS) is 32.1. The maximum Gasteiger partial charge on any atom is 0.198 e. The van der Waals surface area contributed by atoms with E-state index in [1.54, 1.807) is 26.0 Å². The number of nitrogens with two attached hydrogens (primary N) is 1. The Hall–Kier alpha value is -2.82. The summed E-state index contributed by atoms with van der Waals surface area (Å²) in [5, 5.41) is 44.0. The summed E-state index contributed by atoms with van der Waals surface area (Å²) in [5.41, 5.74) is 4.79. The van der Waals surface area contributed by atoms with Crippen LogP contribution in [0.1, 0.15) is 82.2 Å². The van der Waals surface area contributed by atoms with Crippen molar-refractivity contribution in [3.8, 4) is 11.5 Å². The molecule has 9 nitrogen and oxygen atoms in total. The monoisotopic (exact) mass is 483 g/mol. The molecule has 0 aromatic heterocycles. The Morgan fingerprint density at radius 2 is 1.71 bits per heavy atom. The maximum atomic E-state index is 13.3. The van der Waals surface area contributed by atoms with E-state index in [9.17, 15) is 30.0 Å². The van der Waals surface area contributed by atoms with Crippen LogP contribution >= 0.6 is 0 Å². The fraction of sp³-hybridized carbons (Fsp3) is 0.462. The van der Waals surface area contributed by atoms with Gasteiger partial charge in [0.1, 0.15) is 11.5 Å². The molecule has 2 aromatic rings. The lowest BCUT2D eigenvalue weighted by atomic mass is 9.72. The van der Waals surface area contributed by atoms with Crippen molar-refractivity contribution in [3.63, 3.8) is 0 Å². The predicted molar refractivity (Wildman–Crippen MR) is 123 cm³/mol. The van der Waals surface area contributed by atoms with E-state index in [0.717, 1.165) is 0 Å². The summed E-state index contributed by atoms with van der Waals surface area (Å²) in [4.78, 5) is 26.6. The largest absolute Gasteiger partial charge is 0.507 e. The molecule has 0 unspecified atom stereocenters. The number of carbonyl (C=O) groups excluding carboxylic acids is 2. The first-order valence-electron chi connectivity index (χ1n) is 11.8. The molecule has 1 aliphatic heterocycles. The molecule has 9 heteroatoms. The van der Waals surface area contributed by atoms with Crippen molar-refractivity contribution in [2.45, 2.75) is 75.8 Å². The summed E-state index contributed by atoms with van der Waals surface area (Å²) in [7, 11) is 0. The van der Waals surface area contributed by atoms with E-state index in [0.29, 0.717) is 6.42 Å². The fourth-order valence-corrected chi connectivity index (χ4v) is 5.50. The molecule has 35 heavy (non-hydrogen) atoms. The van der Waals surface area contributed by atoms with Gasteiger partial charge in [0.05, 0.1) is 35.0 Å². The van der Waals surface area contributed by atoms with Gasteiger partial charge in [0, 0.05) is 47.6 Å². The molecular formula is C26H29NO8. The molecule has 1 saturated heterocycles. The summed E-state index contributed by atoms with van der Waals surface area (Å²) in [6, 6.07) is 5.65. The van der Waals surface area contributed by atoms with Gasteiger partial charge in [-0.25, -0.2) is 0 Å². The molecule has 2 aromatic carbocycles. The Kier molecular flexibility index (Phi) is 5.73. The second kappa shape index (κ2) is 8.39. The van der Waals surface area contributed by atoms with E-state index >= 15 is 0 Å². The Bertz CT molecular complexity index is 1210. The molecule has 0 spiro atoms. The van der Waals surface area contributed by atoms with Crippen LogP contribution in [0.4, 0.5) is 0 Å². The lowest BCUT2D eigenvalue weighted by Crippen LogP contribution is -2.52. The molecular weight excluding hydrogens is 454 g/mol. The van der Waals surface area contributed by atoms with Gasteiger partial charge in [0.15, 0.2) is 17.9 Å². The number of rotatable bonds is 3. The molecule has 2 aliphatic carbocycles. The third kappa shape index (κ3) is 3.66. The van der Waals surface area contributed by atoms with Gasteiger partial charge in [-0.05, 0) is 13.3 Å². The lowest BCUT2D eigenvalue weighted by molar-refractivity contribution is -0.247. The third-order valence-corrected chi connectivity index (χ3v) is 7.58. The molecule has 6 atom stereocenters. The molecule has 1 fully saturated rings. The molecule has 0 amide bonds. The van der Waals surface area contributed by atoms with E-state index in [-0.39, 0.29) is 52.6 Å². The molecule has 5 rings (SSSR count). The van der Waals surface area contributed by atoms with Crippen LogP contribution in [0, 0.1) is 0 Å². The minimum atomic E-state index is -1.29. The Morgan fingerprint density at radius 1 is 1.11 bits per heavy atom. The number of ether oxygens (including phenoxy) is 2. The number of aliphatic hydroxyl groups excluding tert-OH is 1. The first-order chi connectivity index (χ1) is 16.6. The number of phenols is 2. The van der Waals surface area contributed by atoms with Gasteiger partial charge in [-0.2, -0.15) is 0 Å². The Labute approximate surface area is 202 Å². The highest BCUT2D eigenvalue weighted by Crippen LogP contribution is 2.52. The van der Waals surface area contributed by atoms with Crippen molar-refractivity contribution in [2.24, 2.45) is 5.73 Å². The zero-order valence-corrected chi connectivity index (χ0v) is 19.5. The quantitative estimate of drug-likeness (QED) is 0.350. The van der Waals surface area contributed by atoms with Crippen LogP contribution in [0.15, 0.2) is 24.3 Å².